The van der Waals surface area contributed by atoms with Crippen molar-refractivity contribution >= 4 is 11.8 Å². The molecule has 1 aromatic carbocycles. The zero-order chi connectivity index (χ0) is 20.0. The lowest BCUT2D eigenvalue weighted by Gasteiger charge is -2.36. The number of carbonyl (C=O) groups is 2. The maximum absolute atomic E-state index is 12.7. The minimum Gasteiger partial charge on any atom is -0.496 e. The third-order valence-electron chi connectivity index (χ3n) is 4.85. The van der Waals surface area contributed by atoms with Gasteiger partial charge in [-0.05, 0) is 38.0 Å². The number of rotatable bonds is 8. The SMILES string of the molecule is C=C(C)CN(CC)C(=O)CC1C(=O)NCCN1Cc1ccc(OC)c(C)c1. The normalized spacial score (nSPS) is 17.3. The van der Waals surface area contributed by atoms with E-state index in [1.165, 1.54) is 0 Å². The number of hydrogen-bond acceptors (Lipinski definition) is 4. The first-order chi connectivity index (χ1) is 12.8. The first kappa shape index (κ1) is 21.0. The van der Waals surface area contributed by atoms with Crippen molar-refractivity contribution in [2.45, 2.75) is 39.8 Å². The van der Waals surface area contributed by atoms with Crippen LogP contribution in [0.25, 0.3) is 0 Å². The van der Waals surface area contributed by atoms with Crippen LogP contribution >= 0.6 is 0 Å². The van der Waals surface area contributed by atoms with Crippen LogP contribution in [0.5, 0.6) is 5.75 Å². The van der Waals surface area contributed by atoms with Crippen LogP contribution < -0.4 is 10.1 Å². The molecule has 1 fully saturated rings. The van der Waals surface area contributed by atoms with E-state index in [1.54, 1.807) is 12.0 Å². The van der Waals surface area contributed by atoms with Crippen LogP contribution in [0.1, 0.15) is 31.4 Å². The number of nitrogens with one attached hydrogen (secondary N) is 1. The Bertz CT molecular complexity index is 702. The number of hydrogen-bond donors (Lipinski definition) is 1. The van der Waals surface area contributed by atoms with Crippen molar-refractivity contribution < 1.29 is 14.3 Å². The van der Waals surface area contributed by atoms with Crippen molar-refractivity contribution in [1.82, 2.24) is 15.1 Å². The number of methoxy groups -OCH3 is 1. The van der Waals surface area contributed by atoms with Gasteiger partial charge in [-0.2, -0.15) is 0 Å². The molecule has 1 heterocycles. The quantitative estimate of drug-likeness (QED) is 0.709. The van der Waals surface area contributed by atoms with Crippen molar-refractivity contribution in [1.29, 1.82) is 0 Å². The molecule has 1 aromatic rings. The van der Waals surface area contributed by atoms with Gasteiger partial charge >= 0.3 is 0 Å². The Labute approximate surface area is 162 Å². The lowest BCUT2D eigenvalue weighted by Crippen LogP contribution is -2.56. The Morgan fingerprint density at radius 2 is 2.19 bits per heavy atom. The van der Waals surface area contributed by atoms with Crippen LogP contribution in [0.2, 0.25) is 0 Å². The smallest absolute Gasteiger partial charge is 0.237 e. The number of aryl methyl sites for hydroxylation is 1. The molecular weight excluding hydrogens is 342 g/mol. The summed E-state index contributed by atoms with van der Waals surface area (Å²) in [5.74, 6) is 0.755. The molecule has 1 aliphatic heterocycles. The van der Waals surface area contributed by atoms with Crippen molar-refractivity contribution in [3.8, 4) is 5.75 Å². The summed E-state index contributed by atoms with van der Waals surface area (Å²) >= 11 is 0. The highest BCUT2D eigenvalue weighted by atomic mass is 16.5. The number of likely N-dealkylation sites (N-methyl/N-ethyl adjacent to an activating group) is 1. The summed E-state index contributed by atoms with van der Waals surface area (Å²) in [7, 11) is 1.66. The summed E-state index contributed by atoms with van der Waals surface area (Å²) in [6.45, 7) is 12.8. The van der Waals surface area contributed by atoms with E-state index in [4.69, 9.17) is 4.74 Å². The first-order valence-corrected chi connectivity index (χ1v) is 9.43. The lowest BCUT2D eigenvalue weighted by atomic mass is 10.0. The third kappa shape index (κ3) is 5.57. The number of ether oxygens (including phenoxy) is 1. The van der Waals surface area contributed by atoms with E-state index in [9.17, 15) is 9.59 Å². The van der Waals surface area contributed by atoms with E-state index in [0.717, 1.165) is 29.0 Å². The van der Waals surface area contributed by atoms with Crippen LogP contribution in [0.3, 0.4) is 0 Å². The number of carbonyl (C=O) groups excluding carboxylic acids is 2. The van der Waals surface area contributed by atoms with Gasteiger partial charge < -0.3 is 15.0 Å². The number of benzene rings is 1. The second-order valence-corrected chi connectivity index (χ2v) is 7.15. The van der Waals surface area contributed by atoms with E-state index in [1.807, 2.05) is 32.9 Å². The monoisotopic (exact) mass is 373 g/mol. The van der Waals surface area contributed by atoms with Gasteiger partial charge in [0.2, 0.25) is 11.8 Å². The molecule has 0 bridgehead atoms. The van der Waals surface area contributed by atoms with Gasteiger partial charge in [0.05, 0.1) is 19.6 Å². The van der Waals surface area contributed by atoms with E-state index >= 15 is 0 Å². The molecule has 27 heavy (non-hydrogen) atoms. The molecule has 0 aliphatic carbocycles. The Balaban J connectivity index is 2.12. The Morgan fingerprint density at radius 3 is 2.78 bits per heavy atom. The van der Waals surface area contributed by atoms with Crippen molar-refractivity contribution in [3.05, 3.63) is 41.5 Å². The van der Waals surface area contributed by atoms with Gasteiger partial charge in [-0.1, -0.05) is 24.3 Å². The number of nitrogens with zero attached hydrogens (tertiary/aromatic N) is 2. The molecule has 2 amide bonds. The van der Waals surface area contributed by atoms with E-state index in [-0.39, 0.29) is 18.2 Å². The van der Waals surface area contributed by atoms with E-state index in [2.05, 4.69) is 22.9 Å². The first-order valence-electron chi connectivity index (χ1n) is 9.43. The minimum absolute atomic E-state index is 0.0153. The molecule has 1 atom stereocenters. The van der Waals surface area contributed by atoms with Gasteiger partial charge in [-0.15, -0.1) is 0 Å². The lowest BCUT2D eigenvalue weighted by molar-refractivity contribution is -0.138. The van der Waals surface area contributed by atoms with Crippen LogP contribution in [0.15, 0.2) is 30.4 Å². The maximum atomic E-state index is 12.7. The predicted molar refractivity (Wildman–Crippen MR) is 107 cm³/mol. The Morgan fingerprint density at radius 1 is 1.44 bits per heavy atom. The summed E-state index contributed by atoms with van der Waals surface area (Å²) in [6.07, 6.45) is 0.183. The average molecular weight is 373 g/mol. The fourth-order valence-electron chi connectivity index (χ4n) is 3.44. The topological polar surface area (TPSA) is 61.9 Å². The fourth-order valence-corrected chi connectivity index (χ4v) is 3.44. The van der Waals surface area contributed by atoms with Gasteiger partial charge in [0.1, 0.15) is 5.75 Å². The molecular formula is C21H31N3O3. The van der Waals surface area contributed by atoms with Crippen LogP contribution in [0.4, 0.5) is 0 Å². The number of amides is 2. The summed E-state index contributed by atoms with van der Waals surface area (Å²) in [5.41, 5.74) is 3.10. The molecule has 0 saturated carbocycles. The zero-order valence-electron chi connectivity index (χ0n) is 16.9. The Kier molecular flexibility index (Phi) is 7.42. The van der Waals surface area contributed by atoms with Gasteiger partial charge in [0.15, 0.2) is 0 Å². The molecule has 148 valence electrons. The van der Waals surface area contributed by atoms with Crippen molar-refractivity contribution in [2.24, 2.45) is 0 Å². The molecule has 1 saturated heterocycles. The van der Waals surface area contributed by atoms with Crippen molar-refractivity contribution in [3.63, 3.8) is 0 Å². The molecule has 0 aromatic heterocycles. The Hall–Kier alpha value is -2.34. The second kappa shape index (κ2) is 9.55. The molecule has 1 N–H and O–H groups in total. The van der Waals surface area contributed by atoms with Crippen LogP contribution in [-0.2, 0) is 16.1 Å². The van der Waals surface area contributed by atoms with Gasteiger partial charge in [0.25, 0.3) is 0 Å². The summed E-state index contributed by atoms with van der Waals surface area (Å²) in [6, 6.07) is 5.58. The molecule has 6 nitrogen and oxygen atoms in total. The van der Waals surface area contributed by atoms with Crippen LogP contribution in [-0.4, -0.2) is 60.9 Å². The van der Waals surface area contributed by atoms with Crippen LogP contribution in [0, 0.1) is 6.92 Å². The minimum atomic E-state index is -0.451. The molecule has 0 spiro atoms. The van der Waals surface area contributed by atoms with E-state index in [0.29, 0.717) is 26.2 Å². The molecule has 2 rings (SSSR count). The molecule has 1 unspecified atom stereocenters. The fraction of sp³-hybridized carbons (Fsp3) is 0.524. The van der Waals surface area contributed by atoms with Crippen molar-refractivity contribution in [2.75, 3.05) is 33.3 Å². The zero-order valence-corrected chi connectivity index (χ0v) is 16.9. The molecule has 0 radical (unpaired) electrons. The standard InChI is InChI=1S/C21H31N3O3/c1-6-23(13-15(2)3)20(25)12-18-21(26)22-9-10-24(18)14-17-7-8-19(27-5)16(4)11-17/h7-8,11,18H,2,6,9-10,12-14H2,1,3-5H3,(H,22,26). The molecule has 6 heteroatoms. The van der Waals surface area contributed by atoms with Gasteiger partial charge in [-0.25, -0.2) is 0 Å². The van der Waals surface area contributed by atoms with Gasteiger partial charge in [0, 0.05) is 32.7 Å². The number of piperazine rings is 1. The molecule has 1 aliphatic rings. The average Bonchev–Trinajstić information content (AvgIpc) is 2.62. The second-order valence-electron chi connectivity index (χ2n) is 7.15. The van der Waals surface area contributed by atoms with E-state index < -0.39 is 6.04 Å². The summed E-state index contributed by atoms with van der Waals surface area (Å²) in [4.78, 5) is 29.0. The highest BCUT2D eigenvalue weighted by molar-refractivity contribution is 5.89. The highest BCUT2D eigenvalue weighted by Gasteiger charge is 2.32. The van der Waals surface area contributed by atoms with Gasteiger partial charge in [-0.3, -0.25) is 14.5 Å². The largest absolute Gasteiger partial charge is 0.496 e. The predicted octanol–water partition coefficient (Wildman–Crippen LogP) is 2.12. The highest BCUT2D eigenvalue weighted by Crippen LogP contribution is 2.21. The summed E-state index contributed by atoms with van der Waals surface area (Å²) in [5, 5.41) is 2.89. The summed E-state index contributed by atoms with van der Waals surface area (Å²) < 4.78 is 5.32. The maximum Gasteiger partial charge on any atom is 0.237 e. The third-order valence-corrected chi connectivity index (χ3v) is 4.85.